The van der Waals surface area contributed by atoms with Gasteiger partial charge in [0.1, 0.15) is 5.82 Å². The zero-order valence-corrected chi connectivity index (χ0v) is 16.3. The zero-order valence-electron chi connectivity index (χ0n) is 15.5. The molecule has 2 aromatic carbocycles. The van der Waals surface area contributed by atoms with E-state index in [2.05, 4.69) is 26.2 Å². The number of hydrogen-bond acceptors (Lipinski definition) is 5. The van der Waals surface area contributed by atoms with Gasteiger partial charge in [0, 0.05) is 38.1 Å². The van der Waals surface area contributed by atoms with E-state index >= 15 is 0 Å². The van der Waals surface area contributed by atoms with Crippen molar-refractivity contribution in [2.75, 3.05) is 42.9 Å². The van der Waals surface area contributed by atoms with Crippen LogP contribution in [-0.4, -0.2) is 53.2 Å². The first-order valence-corrected chi connectivity index (χ1v) is 10.0. The lowest BCUT2D eigenvalue weighted by molar-refractivity contribution is 0.245. The average Bonchev–Trinajstić information content (AvgIpc) is 3.14. The van der Waals surface area contributed by atoms with E-state index < -0.39 is 0 Å². The molecular weight excluding hydrogens is 374 g/mol. The summed E-state index contributed by atoms with van der Waals surface area (Å²) >= 11 is 6.34. The molecule has 1 fully saturated rings. The quantitative estimate of drug-likeness (QED) is 0.739. The van der Waals surface area contributed by atoms with E-state index in [1.165, 1.54) is 0 Å². The van der Waals surface area contributed by atoms with Gasteiger partial charge in [0.15, 0.2) is 0 Å². The van der Waals surface area contributed by atoms with Crippen molar-refractivity contribution in [3.63, 3.8) is 0 Å². The van der Waals surface area contributed by atoms with Crippen molar-refractivity contribution in [1.82, 2.24) is 14.5 Å². The molecule has 1 atom stereocenters. The number of para-hydroxylation sites is 2. The zero-order chi connectivity index (χ0) is 19.1. The standard InChI is InChI=1S/C21H22ClN5O/c22-17-6-2-4-8-19(17)26-11-9-25(10-12-26)13-15-14-27-20(23-15)16-5-1-3-7-18(16)24-21(27)28/h1-8,15,23H,9-14H2. The van der Waals surface area contributed by atoms with Gasteiger partial charge in [-0.2, -0.15) is 4.98 Å². The number of nitrogens with one attached hydrogen (secondary N) is 1. The molecule has 0 radical (unpaired) electrons. The largest absolute Gasteiger partial charge is 0.368 e. The van der Waals surface area contributed by atoms with Crippen LogP contribution in [0.25, 0.3) is 10.9 Å². The van der Waals surface area contributed by atoms with Crippen molar-refractivity contribution in [3.05, 3.63) is 64.0 Å². The molecule has 0 aliphatic carbocycles. The van der Waals surface area contributed by atoms with Crippen molar-refractivity contribution in [3.8, 4) is 0 Å². The molecule has 3 aromatic rings. The van der Waals surface area contributed by atoms with Crippen molar-refractivity contribution in [2.24, 2.45) is 0 Å². The molecular formula is C21H22ClN5O. The number of aromatic nitrogens is 2. The van der Waals surface area contributed by atoms with E-state index in [0.29, 0.717) is 6.54 Å². The fourth-order valence-electron chi connectivity index (χ4n) is 4.25. The monoisotopic (exact) mass is 395 g/mol. The molecule has 2 aliphatic rings. The lowest BCUT2D eigenvalue weighted by Crippen LogP contribution is -2.49. The number of hydrogen-bond donors (Lipinski definition) is 1. The van der Waals surface area contributed by atoms with Crippen LogP contribution in [0.4, 0.5) is 11.5 Å². The minimum atomic E-state index is -0.174. The summed E-state index contributed by atoms with van der Waals surface area (Å²) in [6.07, 6.45) is 0. The van der Waals surface area contributed by atoms with Crippen molar-refractivity contribution in [1.29, 1.82) is 0 Å². The molecule has 1 aromatic heterocycles. The van der Waals surface area contributed by atoms with Crippen molar-refractivity contribution < 1.29 is 0 Å². The Hall–Kier alpha value is -2.57. The summed E-state index contributed by atoms with van der Waals surface area (Å²) in [5.74, 6) is 0.898. The summed E-state index contributed by atoms with van der Waals surface area (Å²) in [6, 6.07) is 16.0. The number of fused-ring (bicyclic) bond motifs is 3. The summed E-state index contributed by atoms with van der Waals surface area (Å²) in [7, 11) is 0. The highest BCUT2D eigenvalue weighted by Gasteiger charge is 2.27. The molecule has 7 heteroatoms. The van der Waals surface area contributed by atoms with Crippen LogP contribution in [0.15, 0.2) is 53.3 Å². The lowest BCUT2D eigenvalue weighted by Gasteiger charge is -2.37. The Morgan fingerprint density at radius 1 is 1.04 bits per heavy atom. The van der Waals surface area contributed by atoms with Gasteiger partial charge in [0.05, 0.1) is 28.8 Å². The summed E-state index contributed by atoms with van der Waals surface area (Å²) in [4.78, 5) is 21.4. The molecule has 0 bridgehead atoms. The molecule has 144 valence electrons. The summed E-state index contributed by atoms with van der Waals surface area (Å²) in [6.45, 7) is 5.44. The second-order valence-electron chi connectivity index (χ2n) is 7.45. The van der Waals surface area contributed by atoms with E-state index in [0.717, 1.165) is 60.2 Å². The highest BCUT2D eigenvalue weighted by molar-refractivity contribution is 6.33. The number of rotatable bonds is 3. The normalized spacial score (nSPS) is 19.6. The number of piperazine rings is 1. The summed E-state index contributed by atoms with van der Waals surface area (Å²) in [5.41, 5.74) is 1.69. The van der Waals surface area contributed by atoms with E-state index in [-0.39, 0.29) is 11.7 Å². The number of benzene rings is 2. The van der Waals surface area contributed by atoms with Crippen LogP contribution >= 0.6 is 11.6 Å². The topological polar surface area (TPSA) is 53.4 Å². The van der Waals surface area contributed by atoms with Gasteiger partial charge in [-0.25, -0.2) is 4.79 Å². The van der Waals surface area contributed by atoms with E-state index in [1.807, 2.05) is 42.5 Å². The number of halogens is 1. The van der Waals surface area contributed by atoms with Crippen molar-refractivity contribution >= 4 is 34.0 Å². The first-order chi connectivity index (χ1) is 13.7. The van der Waals surface area contributed by atoms with E-state index in [1.54, 1.807) is 4.57 Å². The number of anilines is 2. The molecule has 1 saturated heterocycles. The molecule has 5 rings (SSSR count). The third-order valence-electron chi connectivity index (χ3n) is 5.66. The highest BCUT2D eigenvalue weighted by Crippen LogP contribution is 2.27. The Bertz CT molecular complexity index is 1070. The molecule has 3 heterocycles. The van der Waals surface area contributed by atoms with Crippen LogP contribution in [0.2, 0.25) is 5.02 Å². The molecule has 28 heavy (non-hydrogen) atoms. The minimum Gasteiger partial charge on any atom is -0.368 e. The Morgan fingerprint density at radius 3 is 2.61 bits per heavy atom. The molecule has 6 nitrogen and oxygen atoms in total. The Kier molecular flexibility index (Phi) is 4.45. The number of nitrogens with zero attached hydrogens (tertiary/aromatic N) is 4. The van der Waals surface area contributed by atoms with Crippen LogP contribution in [0.5, 0.6) is 0 Å². The second-order valence-corrected chi connectivity index (χ2v) is 7.86. The van der Waals surface area contributed by atoms with Crippen LogP contribution in [0, 0.1) is 0 Å². The first-order valence-electron chi connectivity index (χ1n) is 9.67. The predicted molar refractivity (Wildman–Crippen MR) is 114 cm³/mol. The molecule has 0 amide bonds. The minimum absolute atomic E-state index is 0.174. The van der Waals surface area contributed by atoms with Gasteiger partial charge >= 0.3 is 5.69 Å². The molecule has 1 unspecified atom stereocenters. The van der Waals surface area contributed by atoms with Gasteiger partial charge in [-0.3, -0.25) is 9.47 Å². The van der Waals surface area contributed by atoms with E-state index in [4.69, 9.17) is 11.6 Å². The van der Waals surface area contributed by atoms with Crippen molar-refractivity contribution in [2.45, 2.75) is 12.6 Å². The Morgan fingerprint density at radius 2 is 1.79 bits per heavy atom. The molecule has 0 saturated carbocycles. The van der Waals surface area contributed by atoms with E-state index in [9.17, 15) is 4.79 Å². The maximum absolute atomic E-state index is 12.4. The van der Waals surface area contributed by atoms with Crippen LogP contribution in [0.3, 0.4) is 0 Å². The lowest BCUT2D eigenvalue weighted by atomic mass is 10.2. The van der Waals surface area contributed by atoms with Gasteiger partial charge in [0.2, 0.25) is 0 Å². The Labute approximate surface area is 168 Å². The predicted octanol–water partition coefficient (Wildman–Crippen LogP) is 2.67. The van der Waals surface area contributed by atoms with Gasteiger partial charge in [-0.1, -0.05) is 35.9 Å². The SMILES string of the molecule is O=c1nc2ccccc2c2n1CC(CN1CCN(c3ccccc3Cl)CC1)N2. The smallest absolute Gasteiger partial charge is 0.349 e. The third kappa shape index (κ3) is 3.12. The van der Waals surface area contributed by atoms with Crippen LogP contribution in [-0.2, 0) is 6.54 Å². The van der Waals surface area contributed by atoms with Gasteiger partial charge in [0.25, 0.3) is 0 Å². The van der Waals surface area contributed by atoms with Crippen LogP contribution in [0.1, 0.15) is 0 Å². The highest BCUT2D eigenvalue weighted by atomic mass is 35.5. The van der Waals surface area contributed by atoms with Gasteiger partial charge in [-0.05, 0) is 24.3 Å². The van der Waals surface area contributed by atoms with Crippen LogP contribution < -0.4 is 15.9 Å². The van der Waals surface area contributed by atoms with Gasteiger partial charge in [-0.15, -0.1) is 0 Å². The summed E-state index contributed by atoms with van der Waals surface area (Å²) in [5, 5.41) is 5.38. The third-order valence-corrected chi connectivity index (χ3v) is 5.98. The molecule has 0 spiro atoms. The summed E-state index contributed by atoms with van der Waals surface area (Å²) < 4.78 is 1.77. The first kappa shape index (κ1) is 17.5. The fraction of sp³-hybridized carbons (Fsp3) is 0.333. The fourth-order valence-corrected chi connectivity index (χ4v) is 4.51. The molecule has 2 aliphatic heterocycles. The average molecular weight is 396 g/mol. The maximum atomic E-state index is 12.4. The second kappa shape index (κ2) is 7.11. The van der Waals surface area contributed by atoms with Gasteiger partial charge < -0.3 is 10.2 Å². The molecule has 1 N–H and O–H groups in total. The maximum Gasteiger partial charge on any atom is 0.349 e. The Balaban J connectivity index is 1.26.